The number of rotatable bonds is 6. The first-order valence-corrected chi connectivity index (χ1v) is 9.40. The standard InChI is InChI=1S/C21H22N2OS/c1-16-12-14-19(15-13-16)25(24)23-21(18-10-6-3-7-11-18)20(22)17-8-4-2-5-9-17/h2-15,20-21,23H,22H2,1H3/t20-,21-,25?/m1/s1. The predicted molar refractivity (Wildman–Crippen MR) is 103 cm³/mol. The van der Waals surface area contributed by atoms with Crippen LogP contribution in [0.2, 0.25) is 0 Å². The summed E-state index contributed by atoms with van der Waals surface area (Å²) in [6.07, 6.45) is 0. The Kier molecular flexibility index (Phi) is 5.76. The molecule has 0 saturated carbocycles. The Balaban J connectivity index is 1.89. The molecule has 3 atom stereocenters. The van der Waals surface area contributed by atoms with Gasteiger partial charge in [-0.1, -0.05) is 78.4 Å². The smallest absolute Gasteiger partial charge is 0.125 e. The molecule has 0 aliphatic carbocycles. The van der Waals surface area contributed by atoms with Gasteiger partial charge in [0, 0.05) is 0 Å². The highest BCUT2D eigenvalue weighted by atomic mass is 32.2. The average Bonchev–Trinajstić information content (AvgIpc) is 2.67. The second kappa shape index (κ2) is 8.21. The van der Waals surface area contributed by atoms with Crippen molar-refractivity contribution >= 4 is 11.0 Å². The zero-order valence-corrected chi connectivity index (χ0v) is 14.9. The van der Waals surface area contributed by atoms with Gasteiger partial charge in [0.1, 0.15) is 11.0 Å². The van der Waals surface area contributed by atoms with E-state index in [9.17, 15) is 4.21 Å². The maximum atomic E-state index is 12.8. The SMILES string of the molecule is Cc1ccc(S(=O)N[C@H](c2ccccc2)[C@H](N)c2ccccc2)cc1. The van der Waals surface area contributed by atoms with Crippen molar-refractivity contribution in [3.8, 4) is 0 Å². The van der Waals surface area contributed by atoms with E-state index in [2.05, 4.69) is 4.72 Å². The molecule has 0 saturated heterocycles. The van der Waals surface area contributed by atoms with Crippen LogP contribution in [0.5, 0.6) is 0 Å². The summed E-state index contributed by atoms with van der Waals surface area (Å²) in [6, 6.07) is 26.9. The van der Waals surface area contributed by atoms with E-state index in [1.165, 1.54) is 0 Å². The summed E-state index contributed by atoms with van der Waals surface area (Å²) in [5.74, 6) is 0. The van der Waals surface area contributed by atoms with Crippen LogP contribution in [0.3, 0.4) is 0 Å². The lowest BCUT2D eigenvalue weighted by Crippen LogP contribution is -2.33. The molecule has 1 unspecified atom stereocenters. The van der Waals surface area contributed by atoms with E-state index in [0.717, 1.165) is 21.6 Å². The fraction of sp³-hybridized carbons (Fsp3) is 0.143. The number of nitrogens with two attached hydrogens (primary N) is 1. The van der Waals surface area contributed by atoms with Crippen LogP contribution >= 0.6 is 0 Å². The highest BCUT2D eigenvalue weighted by Gasteiger charge is 2.23. The third-order valence-electron chi connectivity index (χ3n) is 4.17. The van der Waals surface area contributed by atoms with Crippen molar-refractivity contribution in [3.63, 3.8) is 0 Å². The molecule has 0 fully saturated rings. The topological polar surface area (TPSA) is 55.1 Å². The lowest BCUT2D eigenvalue weighted by molar-refractivity contribution is 0.530. The number of hydrogen-bond donors (Lipinski definition) is 2. The molecule has 0 aromatic heterocycles. The van der Waals surface area contributed by atoms with E-state index in [4.69, 9.17) is 5.73 Å². The normalized spacial score (nSPS) is 14.6. The lowest BCUT2D eigenvalue weighted by atomic mass is 9.95. The minimum Gasteiger partial charge on any atom is -0.322 e. The van der Waals surface area contributed by atoms with E-state index in [-0.39, 0.29) is 12.1 Å². The molecule has 128 valence electrons. The van der Waals surface area contributed by atoms with Crippen LogP contribution in [0.15, 0.2) is 89.8 Å². The van der Waals surface area contributed by atoms with Crippen molar-refractivity contribution in [2.24, 2.45) is 5.73 Å². The Bertz CT molecular complexity index is 820. The van der Waals surface area contributed by atoms with Gasteiger partial charge in [-0.2, -0.15) is 0 Å². The molecule has 0 radical (unpaired) electrons. The molecule has 3 N–H and O–H groups in total. The molecule has 0 amide bonds. The van der Waals surface area contributed by atoms with Crippen LogP contribution in [0.1, 0.15) is 28.8 Å². The predicted octanol–water partition coefficient (Wildman–Crippen LogP) is 4.05. The quantitative estimate of drug-likeness (QED) is 0.705. The first-order valence-electron chi connectivity index (χ1n) is 8.25. The number of aryl methyl sites for hydroxylation is 1. The minimum atomic E-state index is -1.35. The van der Waals surface area contributed by atoms with Crippen molar-refractivity contribution in [1.82, 2.24) is 4.72 Å². The lowest BCUT2D eigenvalue weighted by Gasteiger charge is -2.25. The van der Waals surface area contributed by atoms with Gasteiger partial charge in [0.2, 0.25) is 0 Å². The van der Waals surface area contributed by atoms with Crippen LogP contribution in [-0.4, -0.2) is 4.21 Å². The van der Waals surface area contributed by atoms with Crippen LogP contribution < -0.4 is 10.5 Å². The van der Waals surface area contributed by atoms with Gasteiger partial charge in [0.25, 0.3) is 0 Å². The number of benzene rings is 3. The summed E-state index contributed by atoms with van der Waals surface area (Å²) in [5, 5.41) is 0. The summed E-state index contributed by atoms with van der Waals surface area (Å²) in [6.45, 7) is 2.01. The first-order chi connectivity index (χ1) is 12.1. The average molecular weight is 350 g/mol. The molecule has 25 heavy (non-hydrogen) atoms. The van der Waals surface area contributed by atoms with Crippen LogP contribution in [-0.2, 0) is 11.0 Å². The molecule has 0 heterocycles. The van der Waals surface area contributed by atoms with Crippen molar-refractivity contribution in [2.45, 2.75) is 23.9 Å². The third kappa shape index (κ3) is 4.42. The minimum absolute atomic E-state index is 0.259. The fourth-order valence-corrected chi connectivity index (χ4v) is 3.75. The molecule has 0 aliphatic rings. The molecule has 3 nitrogen and oxygen atoms in total. The van der Waals surface area contributed by atoms with Gasteiger partial charge in [0.05, 0.1) is 17.0 Å². The second-order valence-electron chi connectivity index (χ2n) is 6.02. The van der Waals surface area contributed by atoms with E-state index in [0.29, 0.717) is 0 Å². The van der Waals surface area contributed by atoms with Gasteiger partial charge in [-0.25, -0.2) is 8.93 Å². The Labute approximate surface area is 151 Å². The molecule has 3 aromatic carbocycles. The Morgan fingerprint density at radius 3 is 1.88 bits per heavy atom. The zero-order valence-electron chi connectivity index (χ0n) is 14.1. The highest BCUT2D eigenvalue weighted by molar-refractivity contribution is 7.83. The maximum Gasteiger partial charge on any atom is 0.125 e. The molecule has 3 aromatic rings. The van der Waals surface area contributed by atoms with E-state index in [1.807, 2.05) is 91.9 Å². The Morgan fingerprint density at radius 2 is 1.32 bits per heavy atom. The molecular weight excluding hydrogens is 328 g/mol. The van der Waals surface area contributed by atoms with Crippen molar-refractivity contribution in [1.29, 1.82) is 0 Å². The highest BCUT2D eigenvalue weighted by Crippen LogP contribution is 2.27. The van der Waals surface area contributed by atoms with Crippen LogP contribution in [0, 0.1) is 6.92 Å². The summed E-state index contributed by atoms with van der Waals surface area (Å²) in [5.41, 5.74) is 9.68. The van der Waals surface area contributed by atoms with Gasteiger partial charge in [-0.15, -0.1) is 0 Å². The summed E-state index contributed by atoms with van der Waals surface area (Å²) < 4.78 is 16.0. The second-order valence-corrected chi connectivity index (χ2v) is 7.27. The summed E-state index contributed by atoms with van der Waals surface area (Å²) in [4.78, 5) is 0.742. The molecular formula is C21H22N2OS. The molecule has 4 heteroatoms. The molecule has 0 aliphatic heterocycles. The van der Waals surface area contributed by atoms with Crippen molar-refractivity contribution < 1.29 is 4.21 Å². The van der Waals surface area contributed by atoms with E-state index in [1.54, 1.807) is 0 Å². The largest absolute Gasteiger partial charge is 0.322 e. The van der Waals surface area contributed by atoms with Crippen LogP contribution in [0.25, 0.3) is 0 Å². The Morgan fingerprint density at radius 1 is 0.800 bits per heavy atom. The number of nitrogens with one attached hydrogen (secondary N) is 1. The van der Waals surface area contributed by atoms with Gasteiger partial charge < -0.3 is 5.73 Å². The molecule has 0 spiro atoms. The summed E-state index contributed by atoms with van der Waals surface area (Å²) >= 11 is 0. The first kappa shape index (κ1) is 17.5. The summed E-state index contributed by atoms with van der Waals surface area (Å²) in [7, 11) is -1.35. The van der Waals surface area contributed by atoms with Gasteiger partial charge in [-0.05, 0) is 30.2 Å². The van der Waals surface area contributed by atoms with Crippen molar-refractivity contribution in [2.75, 3.05) is 0 Å². The van der Waals surface area contributed by atoms with E-state index >= 15 is 0 Å². The Hall–Kier alpha value is -2.27. The zero-order chi connectivity index (χ0) is 17.6. The third-order valence-corrected chi connectivity index (χ3v) is 5.34. The monoisotopic (exact) mass is 350 g/mol. The van der Waals surface area contributed by atoms with Gasteiger partial charge in [-0.3, -0.25) is 0 Å². The maximum absolute atomic E-state index is 12.8. The van der Waals surface area contributed by atoms with Gasteiger partial charge >= 0.3 is 0 Å². The van der Waals surface area contributed by atoms with Crippen LogP contribution in [0.4, 0.5) is 0 Å². The molecule has 3 rings (SSSR count). The fourth-order valence-electron chi connectivity index (χ4n) is 2.72. The number of hydrogen-bond acceptors (Lipinski definition) is 2. The molecule has 0 bridgehead atoms. The van der Waals surface area contributed by atoms with E-state index < -0.39 is 11.0 Å². The van der Waals surface area contributed by atoms with Gasteiger partial charge in [0.15, 0.2) is 0 Å². The van der Waals surface area contributed by atoms with Crippen molar-refractivity contribution in [3.05, 3.63) is 102 Å².